The molecule has 0 spiro atoms. The van der Waals surface area contributed by atoms with E-state index in [1.165, 1.54) is 0 Å². The molecule has 0 amide bonds. The minimum absolute atomic E-state index is 0.110. The summed E-state index contributed by atoms with van der Waals surface area (Å²) in [7, 11) is 0. The lowest BCUT2D eigenvalue weighted by atomic mass is 9.58. The van der Waals surface area contributed by atoms with Gasteiger partial charge in [0.25, 0.3) is 0 Å². The molecule has 238 valence electrons. The highest BCUT2D eigenvalue weighted by Crippen LogP contribution is 2.56. The van der Waals surface area contributed by atoms with Gasteiger partial charge in [0.1, 0.15) is 17.7 Å². The third kappa shape index (κ3) is 4.45. The van der Waals surface area contributed by atoms with Crippen molar-refractivity contribution in [1.29, 1.82) is 10.5 Å². The van der Waals surface area contributed by atoms with Crippen LogP contribution in [-0.2, 0) is 5.41 Å². The first-order chi connectivity index (χ1) is 25.3. The molecular formula is C47H30N4. The molecule has 0 unspecified atom stereocenters. The lowest BCUT2D eigenvalue weighted by molar-refractivity contribution is 0.731. The molecule has 4 heteroatoms. The van der Waals surface area contributed by atoms with Gasteiger partial charge in [-0.3, -0.25) is 0 Å². The SMILES string of the molecule is N#CC(C#N)=C1c2ccccc2C(c2ccccc2)(c2ccc(N3c4ccccc4N(c4ccccc4)c4ccccc43)cc2)c2ccccc21. The molecule has 2 aliphatic rings. The Hall–Kier alpha value is -7.14. The maximum absolute atomic E-state index is 10.1. The first kappa shape index (κ1) is 30.0. The molecule has 0 saturated heterocycles. The van der Waals surface area contributed by atoms with Gasteiger partial charge in [0, 0.05) is 16.9 Å². The van der Waals surface area contributed by atoms with Gasteiger partial charge in [-0.05, 0) is 81.9 Å². The summed E-state index contributed by atoms with van der Waals surface area (Å²) >= 11 is 0. The van der Waals surface area contributed by atoms with E-state index in [1.54, 1.807) is 0 Å². The first-order valence-electron chi connectivity index (χ1n) is 17.0. The van der Waals surface area contributed by atoms with Gasteiger partial charge in [-0.2, -0.15) is 10.5 Å². The standard InChI is InChI=1S/C47H30N4/c48-31-33(32-49)46-38-19-7-9-21-40(38)47(34-15-3-1-4-16-34,41-22-10-8-20-39(41)46)35-27-29-37(30-28-35)51-44-25-13-11-23-42(44)50(36-17-5-2-6-18-36)43-24-12-14-26-45(43)51/h1-30H. The molecule has 0 atom stereocenters. The van der Waals surface area contributed by atoms with Gasteiger partial charge in [0.05, 0.1) is 28.2 Å². The van der Waals surface area contributed by atoms with E-state index in [4.69, 9.17) is 0 Å². The molecule has 7 aromatic rings. The zero-order valence-electron chi connectivity index (χ0n) is 27.6. The summed E-state index contributed by atoms with van der Waals surface area (Å²) in [5, 5.41) is 20.3. The van der Waals surface area contributed by atoms with Gasteiger partial charge in [0.15, 0.2) is 0 Å². The van der Waals surface area contributed by atoms with Gasteiger partial charge in [-0.15, -0.1) is 0 Å². The topological polar surface area (TPSA) is 54.1 Å². The Labute approximate surface area is 297 Å². The predicted octanol–water partition coefficient (Wildman–Crippen LogP) is 11.5. The molecule has 9 rings (SSSR count). The van der Waals surface area contributed by atoms with Crippen molar-refractivity contribution in [1.82, 2.24) is 0 Å². The smallest absolute Gasteiger partial charge is 0.138 e. The molecule has 0 fully saturated rings. The van der Waals surface area contributed by atoms with Crippen molar-refractivity contribution in [2.24, 2.45) is 0 Å². The van der Waals surface area contributed by atoms with Crippen LogP contribution in [0.25, 0.3) is 5.57 Å². The van der Waals surface area contributed by atoms with E-state index < -0.39 is 5.41 Å². The number of rotatable bonds is 4. The van der Waals surface area contributed by atoms with Gasteiger partial charge in [0.2, 0.25) is 0 Å². The van der Waals surface area contributed by atoms with Crippen LogP contribution < -0.4 is 9.80 Å². The van der Waals surface area contributed by atoms with Crippen molar-refractivity contribution in [3.8, 4) is 12.1 Å². The number of benzene rings is 7. The van der Waals surface area contributed by atoms with Crippen LogP contribution in [-0.4, -0.2) is 0 Å². The van der Waals surface area contributed by atoms with E-state index in [0.717, 1.165) is 67.5 Å². The molecule has 4 nitrogen and oxygen atoms in total. The second kappa shape index (κ2) is 12.1. The summed E-state index contributed by atoms with van der Waals surface area (Å²) < 4.78 is 0. The molecular weight excluding hydrogens is 621 g/mol. The normalized spacial score (nSPS) is 15.4. The van der Waals surface area contributed by atoms with Gasteiger partial charge in [-0.1, -0.05) is 133 Å². The number of para-hydroxylation sites is 5. The van der Waals surface area contributed by atoms with E-state index >= 15 is 0 Å². The number of nitriles is 2. The second-order valence-corrected chi connectivity index (χ2v) is 12.7. The van der Waals surface area contributed by atoms with E-state index in [9.17, 15) is 10.5 Å². The molecule has 0 aromatic heterocycles. The number of hydrogen-bond acceptors (Lipinski definition) is 4. The number of nitrogens with zero attached hydrogens (tertiary/aromatic N) is 4. The van der Waals surface area contributed by atoms with Crippen LogP contribution in [0.5, 0.6) is 0 Å². The zero-order chi connectivity index (χ0) is 34.4. The number of hydrogen-bond donors (Lipinski definition) is 0. The van der Waals surface area contributed by atoms with Crippen molar-refractivity contribution >= 4 is 39.7 Å². The Morgan fingerprint density at radius 3 is 1.24 bits per heavy atom. The van der Waals surface area contributed by atoms with Crippen LogP contribution in [0.15, 0.2) is 188 Å². The third-order valence-corrected chi connectivity index (χ3v) is 10.2. The maximum Gasteiger partial charge on any atom is 0.138 e. The lowest BCUT2D eigenvalue weighted by Crippen LogP contribution is -2.36. The number of fused-ring (bicyclic) bond motifs is 4. The van der Waals surface area contributed by atoms with Crippen molar-refractivity contribution < 1.29 is 0 Å². The zero-order valence-corrected chi connectivity index (χ0v) is 27.6. The van der Waals surface area contributed by atoms with Gasteiger partial charge in [-0.25, -0.2) is 0 Å². The van der Waals surface area contributed by atoms with Gasteiger partial charge < -0.3 is 9.80 Å². The highest BCUT2D eigenvalue weighted by atomic mass is 15.3. The quantitative estimate of drug-likeness (QED) is 0.178. The van der Waals surface area contributed by atoms with Crippen molar-refractivity contribution in [2.75, 3.05) is 9.80 Å². The van der Waals surface area contributed by atoms with E-state index in [0.29, 0.717) is 5.57 Å². The minimum Gasteiger partial charge on any atom is -0.306 e. The summed E-state index contributed by atoms with van der Waals surface area (Å²) in [6.07, 6.45) is 0. The average Bonchev–Trinajstić information content (AvgIpc) is 3.21. The Morgan fingerprint density at radius 2 is 0.765 bits per heavy atom. The van der Waals surface area contributed by atoms with Gasteiger partial charge >= 0.3 is 0 Å². The molecule has 0 saturated carbocycles. The lowest BCUT2D eigenvalue weighted by Gasteiger charge is -2.43. The number of anilines is 6. The molecule has 0 radical (unpaired) electrons. The van der Waals surface area contributed by atoms with Crippen LogP contribution in [0.1, 0.15) is 33.4 Å². The Morgan fingerprint density at radius 1 is 0.392 bits per heavy atom. The first-order valence-corrected chi connectivity index (χ1v) is 17.0. The molecule has 0 bridgehead atoms. The maximum atomic E-state index is 10.1. The monoisotopic (exact) mass is 650 g/mol. The van der Waals surface area contributed by atoms with Crippen molar-refractivity contribution in [2.45, 2.75) is 5.41 Å². The minimum atomic E-state index is -0.714. The van der Waals surface area contributed by atoms with E-state index in [2.05, 4.69) is 168 Å². The summed E-state index contributed by atoms with van der Waals surface area (Å²) in [6.45, 7) is 0. The summed E-state index contributed by atoms with van der Waals surface area (Å²) in [4.78, 5) is 4.68. The summed E-state index contributed by atoms with van der Waals surface area (Å²) in [5.41, 5.74) is 12.7. The Bertz CT molecular complexity index is 2440. The predicted molar refractivity (Wildman–Crippen MR) is 205 cm³/mol. The van der Waals surface area contributed by atoms with Crippen molar-refractivity contribution in [3.63, 3.8) is 0 Å². The molecule has 1 aliphatic carbocycles. The van der Waals surface area contributed by atoms with Crippen LogP contribution >= 0.6 is 0 Å². The molecule has 0 N–H and O–H groups in total. The second-order valence-electron chi connectivity index (χ2n) is 12.7. The largest absolute Gasteiger partial charge is 0.306 e. The average molecular weight is 651 g/mol. The molecule has 1 heterocycles. The fraction of sp³-hybridized carbons (Fsp3) is 0.0213. The van der Waals surface area contributed by atoms with E-state index in [-0.39, 0.29) is 5.57 Å². The highest BCUT2D eigenvalue weighted by molar-refractivity contribution is 6.01. The van der Waals surface area contributed by atoms with Crippen LogP contribution in [0, 0.1) is 22.7 Å². The van der Waals surface area contributed by atoms with Crippen LogP contribution in [0.3, 0.4) is 0 Å². The molecule has 7 aromatic carbocycles. The molecule has 1 aliphatic heterocycles. The summed E-state index contributed by atoms with van der Waals surface area (Å²) in [6, 6.07) is 68.0. The van der Waals surface area contributed by atoms with E-state index in [1.807, 2.05) is 36.4 Å². The number of allylic oxidation sites excluding steroid dienone is 1. The third-order valence-electron chi connectivity index (χ3n) is 10.2. The summed E-state index contributed by atoms with van der Waals surface area (Å²) in [5.74, 6) is 0. The fourth-order valence-corrected chi connectivity index (χ4v) is 8.17. The van der Waals surface area contributed by atoms with Crippen molar-refractivity contribution in [3.05, 3.63) is 221 Å². The fourth-order valence-electron chi connectivity index (χ4n) is 8.17. The Kier molecular flexibility index (Phi) is 7.09. The Balaban J connectivity index is 1.28. The highest BCUT2D eigenvalue weighted by Gasteiger charge is 2.45. The molecule has 51 heavy (non-hydrogen) atoms. The van der Waals surface area contributed by atoms with Crippen LogP contribution in [0.4, 0.5) is 34.1 Å². The van der Waals surface area contributed by atoms with Crippen LogP contribution in [0.2, 0.25) is 0 Å².